The summed E-state index contributed by atoms with van der Waals surface area (Å²) in [5.74, 6) is -2.36. The quantitative estimate of drug-likeness (QED) is 0.309. The SMILES string of the molecule is CN(CC(=O)O)C(CO)C(=O)O.O[B]O. The molecule has 0 bridgehead atoms. The fourth-order valence-electron chi connectivity index (χ4n) is 0.730. The Kier molecular flexibility index (Phi) is 10.2. The van der Waals surface area contributed by atoms with Gasteiger partial charge in [-0.15, -0.1) is 0 Å². The first-order chi connectivity index (χ1) is 6.90. The van der Waals surface area contributed by atoms with E-state index in [-0.39, 0.29) is 7.69 Å². The van der Waals surface area contributed by atoms with E-state index in [9.17, 15) is 9.59 Å². The number of nitrogens with zero attached hydrogens (tertiary/aromatic N) is 1. The maximum atomic E-state index is 10.4. The number of carbonyl (C=O) groups is 2. The Labute approximate surface area is 86.7 Å². The summed E-state index contributed by atoms with van der Waals surface area (Å²) in [7, 11) is 1.32. The molecule has 8 nitrogen and oxygen atoms in total. The van der Waals surface area contributed by atoms with Crippen molar-refractivity contribution in [3.8, 4) is 0 Å². The summed E-state index contributed by atoms with van der Waals surface area (Å²) >= 11 is 0. The molecule has 0 fully saturated rings. The zero-order valence-corrected chi connectivity index (χ0v) is 8.07. The number of aliphatic carboxylic acids is 2. The van der Waals surface area contributed by atoms with Crippen LogP contribution in [0, 0.1) is 0 Å². The Bertz CT molecular complexity index is 200. The van der Waals surface area contributed by atoms with Gasteiger partial charge in [0.1, 0.15) is 6.04 Å². The van der Waals surface area contributed by atoms with E-state index in [1.807, 2.05) is 0 Å². The molecule has 0 aliphatic carbocycles. The third kappa shape index (κ3) is 9.16. The minimum atomic E-state index is -1.23. The van der Waals surface area contributed by atoms with E-state index in [1.165, 1.54) is 7.05 Å². The molecule has 0 aromatic rings. The summed E-state index contributed by atoms with van der Waals surface area (Å²) in [6.45, 7) is -1.00. The van der Waals surface area contributed by atoms with Crippen molar-refractivity contribution in [2.45, 2.75) is 6.04 Å². The minimum absolute atomic E-state index is 0. The van der Waals surface area contributed by atoms with Crippen LogP contribution in [0.1, 0.15) is 0 Å². The predicted molar refractivity (Wildman–Crippen MR) is 49.0 cm³/mol. The molecular formula is C6H13BNO7. The van der Waals surface area contributed by atoms with Gasteiger partial charge in [0.05, 0.1) is 13.2 Å². The molecule has 0 aliphatic rings. The molecular weight excluding hydrogens is 209 g/mol. The van der Waals surface area contributed by atoms with Crippen LogP contribution >= 0.6 is 0 Å². The van der Waals surface area contributed by atoms with E-state index in [1.54, 1.807) is 0 Å². The fraction of sp³-hybridized carbons (Fsp3) is 0.667. The molecule has 0 spiro atoms. The lowest BCUT2D eigenvalue weighted by Gasteiger charge is -2.20. The van der Waals surface area contributed by atoms with Gasteiger partial charge in [-0.3, -0.25) is 14.5 Å². The van der Waals surface area contributed by atoms with Crippen LogP contribution in [0.15, 0.2) is 0 Å². The van der Waals surface area contributed by atoms with Crippen molar-refractivity contribution in [2.24, 2.45) is 0 Å². The van der Waals surface area contributed by atoms with Crippen LogP contribution in [0.5, 0.6) is 0 Å². The van der Waals surface area contributed by atoms with Crippen LogP contribution in [-0.4, -0.2) is 76.1 Å². The number of carboxylic acid groups (broad SMARTS) is 2. The van der Waals surface area contributed by atoms with Gasteiger partial charge in [-0.1, -0.05) is 0 Å². The number of rotatable bonds is 5. The number of hydrogen-bond donors (Lipinski definition) is 5. The van der Waals surface area contributed by atoms with Crippen molar-refractivity contribution < 1.29 is 35.0 Å². The fourth-order valence-corrected chi connectivity index (χ4v) is 0.730. The van der Waals surface area contributed by atoms with E-state index in [0.717, 1.165) is 4.90 Å². The van der Waals surface area contributed by atoms with Crippen LogP contribution in [0.3, 0.4) is 0 Å². The lowest BCUT2D eigenvalue weighted by molar-refractivity contribution is -0.146. The summed E-state index contributed by atoms with van der Waals surface area (Å²) in [4.78, 5) is 21.5. The van der Waals surface area contributed by atoms with E-state index < -0.39 is 31.1 Å². The summed E-state index contributed by atoms with van der Waals surface area (Å²) in [6, 6.07) is -1.15. The van der Waals surface area contributed by atoms with Crippen LogP contribution in [0.25, 0.3) is 0 Å². The standard InChI is InChI=1S/C6H11NO5.BH2O2/c1-7(2-5(9)10)4(3-8)6(11)12;2-1-3/h4,8H,2-3H2,1H3,(H,9,10)(H,11,12);2-3H. The summed E-state index contributed by atoms with van der Waals surface area (Å²) in [5.41, 5.74) is 0. The molecule has 5 N–H and O–H groups in total. The molecule has 0 heterocycles. The molecule has 87 valence electrons. The number of carboxylic acids is 2. The zero-order valence-electron chi connectivity index (χ0n) is 8.07. The van der Waals surface area contributed by atoms with Gasteiger partial charge < -0.3 is 25.4 Å². The maximum absolute atomic E-state index is 10.4. The lowest BCUT2D eigenvalue weighted by Crippen LogP contribution is -2.43. The second-order valence-electron chi connectivity index (χ2n) is 2.46. The number of likely N-dealkylation sites (N-methyl/N-ethyl adjacent to an activating group) is 1. The molecule has 1 unspecified atom stereocenters. The summed E-state index contributed by atoms with van der Waals surface area (Å²) in [6.07, 6.45) is 0. The van der Waals surface area contributed by atoms with Crippen LogP contribution in [0.4, 0.5) is 0 Å². The smallest absolute Gasteiger partial charge is 0.480 e. The van der Waals surface area contributed by atoms with Gasteiger partial charge in [0.25, 0.3) is 0 Å². The predicted octanol–water partition coefficient (Wildman–Crippen LogP) is -3.05. The summed E-state index contributed by atoms with van der Waals surface area (Å²) < 4.78 is 0. The second kappa shape index (κ2) is 9.40. The van der Waals surface area contributed by atoms with Crippen LogP contribution in [0.2, 0.25) is 0 Å². The van der Waals surface area contributed by atoms with Crippen LogP contribution in [-0.2, 0) is 9.59 Å². The van der Waals surface area contributed by atoms with Gasteiger partial charge in [0, 0.05) is 0 Å². The summed E-state index contributed by atoms with van der Waals surface area (Å²) in [5, 5.41) is 39.3. The average Bonchev–Trinajstić information content (AvgIpc) is 2.03. The third-order valence-electron chi connectivity index (χ3n) is 1.37. The Morgan fingerprint density at radius 2 is 1.73 bits per heavy atom. The largest absolute Gasteiger partial charge is 0.482 e. The lowest BCUT2D eigenvalue weighted by atomic mass is 10.3. The van der Waals surface area contributed by atoms with Gasteiger partial charge in [0.15, 0.2) is 0 Å². The topological polar surface area (TPSA) is 139 Å². The first kappa shape index (κ1) is 16.3. The molecule has 9 heteroatoms. The van der Waals surface area contributed by atoms with Crippen molar-refractivity contribution in [2.75, 3.05) is 20.2 Å². The zero-order chi connectivity index (χ0) is 12.4. The van der Waals surface area contributed by atoms with Crippen molar-refractivity contribution in [1.29, 1.82) is 0 Å². The Hall–Kier alpha value is -1.16. The highest BCUT2D eigenvalue weighted by molar-refractivity contribution is 6.13. The average molecular weight is 222 g/mol. The van der Waals surface area contributed by atoms with Crippen LogP contribution < -0.4 is 0 Å². The second-order valence-corrected chi connectivity index (χ2v) is 2.46. The molecule has 0 saturated carbocycles. The monoisotopic (exact) mass is 222 g/mol. The molecule has 0 aliphatic heterocycles. The molecule has 0 rings (SSSR count). The molecule has 15 heavy (non-hydrogen) atoms. The van der Waals surface area contributed by atoms with Crippen molar-refractivity contribution >= 4 is 19.6 Å². The molecule has 0 aromatic heterocycles. The Morgan fingerprint density at radius 3 is 1.93 bits per heavy atom. The molecule has 0 aromatic carbocycles. The van der Waals surface area contributed by atoms with Crippen molar-refractivity contribution in [3.63, 3.8) is 0 Å². The minimum Gasteiger partial charge on any atom is -0.480 e. The van der Waals surface area contributed by atoms with Crippen molar-refractivity contribution in [3.05, 3.63) is 0 Å². The molecule has 1 atom stereocenters. The number of hydrogen-bond acceptors (Lipinski definition) is 6. The van der Waals surface area contributed by atoms with Gasteiger partial charge in [-0.25, -0.2) is 0 Å². The van der Waals surface area contributed by atoms with E-state index in [0.29, 0.717) is 0 Å². The molecule has 0 amide bonds. The van der Waals surface area contributed by atoms with Crippen molar-refractivity contribution in [1.82, 2.24) is 4.90 Å². The molecule has 0 saturated heterocycles. The number of aliphatic hydroxyl groups excluding tert-OH is 1. The van der Waals surface area contributed by atoms with Gasteiger partial charge in [-0.2, -0.15) is 0 Å². The highest BCUT2D eigenvalue weighted by Gasteiger charge is 2.22. The Balaban J connectivity index is 0. The normalized spacial score (nSPS) is 11.3. The molecule has 1 radical (unpaired) electrons. The highest BCUT2D eigenvalue weighted by Crippen LogP contribution is 1.94. The van der Waals surface area contributed by atoms with Gasteiger partial charge in [0.2, 0.25) is 0 Å². The van der Waals surface area contributed by atoms with E-state index in [4.69, 9.17) is 25.4 Å². The first-order valence-corrected chi connectivity index (χ1v) is 3.76. The van der Waals surface area contributed by atoms with Gasteiger partial charge in [-0.05, 0) is 7.05 Å². The van der Waals surface area contributed by atoms with Gasteiger partial charge >= 0.3 is 19.6 Å². The third-order valence-corrected chi connectivity index (χ3v) is 1.37. The van der Waals surface area contributed by atoms with E-state index >= 15 is 0 Å². The highest BCUT2D eigenvalue weighted by atomic mass is 16.4. The maximum Gasteiger partial charge on any atom is 0.482 e. The number of aliphatic hydroxyl groups is 1. The Morgan fingerprint density at radius 1 is 1.33 bits per heavy atom. The first-order valence-electron chi connectivity index (χ1n) is 3.76. The van der Waals surface area contributed by atoms with E-state index in [2.05, 4.69) is 0 Å².